The second-order valence-corrected chi connectivity index (χ2v) is 4.68. The number of nitrogens with one attached hydrogen (secondary N) is 1. The minimum absolute atomic E-state index is 0.188. The third-order valence-electron chi connectivity index (χ3n) is 3.11. The molecule has 0 saturated heterocycles. The molecule has 5 nitrogen and oxygen atoms in total. The van der Waals surface area contributed by atoms with Crippen LogP contribution in [-0.4, -0.2) is 27.0 Å². The monoisotopic (exact) mass is 308 g/mol. The second-order valence-electron chi connectivity index (χ2n) is 4.68. The molecular formula is C14H11F3N4O. The van der Waals surface area contributed by atoms with E-state index in [9.17, 15) is 13.2 Å². The molecule has 3 rings (SSSR count). The highest BCUT2D eigenvalue weighted by molar-refractivity contribution is 5.77. The van der Waals surface area contributed by atoms with E-state index in [4.69, 9.17) is 4.74 Å². The molecule has 0 aromatic carbocycles. The Labute approximate surface area is 123 Å². The van der Waals surface area contributed by atoms with Crippen LogP contribution in [0.3, 0.4) is 0 Å². The Hall–Kier alpha value is -2.64. The largest absolute Gasteiger partial charge is 0.494 e. The molecule has 0 fully saturated rings. The minimum atomic E-state index is -4.45. The van der Waals surface area contributed by atoms with Gasteiger partial charge in [-0.15, -0.1) is 0 Å². The lowest BCUT2D eigenvalue weighted by atomic mass is 10.2. The van der Waals surface area contributed by atoms with Gasteiger partial charge in [0.2, 0.25) is 0 Å². The van der Waals surface area contributed by atoms with Gasteiger partial charge in [0.15, 0.2) is 11.5 Å². The number of ether oxygens (including phenoxy) is 1. The van der Waals surface area contributed by atoms with Crippen molar-refractivity contribution in [3.63, 3.8) is 0 Å². The van der Waals surface area contributed by atoms with Crippen molar-refractivity contribution in [2.24, 2.45) is 0 Å². The molecule has 0 amide bonds. The lowest BCUT2D eigenvalue weighted by molar-refractivity contribution is -0.137. The van der Waals surface area contributed by atoms with Crippen molar-refractivity contribution in [2.45, 2.75) is 13.1 Å². The molecule has 3 aromatic heterocycles. The molecule has 0 unspecified atom stereocenters. The molecule has 0 aliphatic rings. The molecule has 3 aromatic rings. The summed E-state index contributed by atoms with van der Waals surface area (Å²) in [6.07, 6.45) is -3.69. The molecule has 0 saturated carbocycles. The Balaban J connectivity index is 2.15. The van der Waals surface area contributed by atoms with Gasteiger partial charge >= 0.3 is 6.18 Å². The van der Waals surface area contributed by atoms with Gasteiger partial charge in [-0.3, -0.25) is 0 Å². The van der Waals surface area contributed by atoms with E-state index in [1.807, 2.05) is 0 Å². The summed E-state index contributed by atoms with van der Waals surface area (Å²) in [6, 6.07) is 4.46. The zero-order valence-corrected chi connectivity index (χ0v) is 11.7. The smallest absolute Gasteiger partial charge is 0.417 e. The number of aromatic amines is 1. The predicted octanol–water partition coefficient (Wildman–Crippen LogP) is 3.36. The lowest BCUT2D eigenvalue weighted by Gasteiger charge is -2.05. The summed E-state index contributed by atoms with van der Waals surface area (Å²) < 4.78 is 43.3. The Morgan fingerprint density at radius 3 is 2.64 bits per heavy atom. The topological polar surface area (TPSA) is 63.7 Å². The Morgan fingerprint density at radius 1 is 1.18 bits per heavy atom. The van der Waals surface area contributed by atoms with Crippen LogP contribution in [-0.2, 0) is 6.18 Å². The van der Waals surface area contributed by atoms with E-state index in [1.54, 1.807) is 19.1 Å². The van der Waals surface area contributed by atoms with Crippen LogP contribution in [0, 0.1) is 6.92 Å². The van der Waals surface area contributed by atoms with Gasteiger partial charge < -0.3 is 9.72 Å². The number of alkyl halides is 3. The van der Waals surface area contributed by atoms with Crippen molar-refractivity contribution in [2.75, 3.05) is 7.11 Å². The van der Waals surface area contributed by atoms with Crippen molar-refractivity contribution in [1.82, 2.24) is 19.9 Å². The Bertz CT molecular complexity index is 842. The number of hydrogen-bond donors (Lipinski definition) is 1. The van der Waals surface area contributed by atoms with E-state index in [-0.39, 0.29) is 11.2 Å². The maximum Gasteiger partial charge on any atom is 0.417 e. The van der Waals surface area contributed by atoms with Crippen LogP contribution in [0.5, 0.6) is 5.75 Å². The average Bonchev–Trinajstić information content (AvgIpc) is 2.89. The summed E-state index contributed by atoms with van der Waals surface area (Å²) in [5.74, 6) is 0.781. The van der Waals surface area contributed by atoms with Crippen LogP contribution in [0.4, 0.5) is 13.2 Å². The number of hydrogen-bond acceptors (Lipinski definition) is 4. The van der Waals surface area contributed by atoms with Crippen LogP contribution in [0.25, 0.3) is 22.7 Å². The maximum absolute atomic E-state index is 12.7. The standard InChI is InChI=1S/C14H11F3N4O/c1-7-3-4-10(22-2)11(19-7)13-20-9-5-8(14(15,16)17)6-18-12(9)21-13/h3-6H,1-2H3,(H,18,20,21). The number of halogens is 3. The van der Waals surface area contributed by atoms with Crippen LogP contribution in [0.1, 0.15) is 11.3 Å². The van der Waals surface area contributed by atoms with Gasteiger partial charge in [0, 0.05) is 11.9 Å². The summed E-state index contributed by atoms with van der Waals surface area (Å²) in [7, 11) is 1.48. The third kappa shape index (κ3) is 2.47. The minimum Gasteiger partial charge on any atom is -0.494 e. The Morgan fingerprint density at radius 2 is 1.95 bits per heavy atom. The average molecular weight is 308 g/mol. The highest BCUT2D eigenvalue weighted by atomic mass is 19.4. The number of nitrogens with zero attached hydrogens (tertiary/aromatic N) is 3. The molecule has 0 aliphatic carbocycles. The number of imidazole rings is 1. The van der Waals surface area contributed by atoms with Gasteiger partial charge in [0.05, 0.1) is 18.2 Å². The van der Waals surface area contributed by atoms with E-state index in [2.05, 4.69) is 19.9 Å². The summed E-state index contributed by atoms with van der Waals surface area (Å²) in [6.45, 7) is 1.80. The van der Waals surface area contributed by atoms with Gasteiger partial charge in [-0.25, -0.2) is 15.0 Å². The molecule has 22 heavy (non-hydrogen) atoms. The van der Waals surface area contributed by atoms with Crippen LogP contribution in [0.2, 0.25) is 0 Å². The van der Waals surface area contributed by atoms with E-state index < -0.39 is 11.7 Å². The zero-order chi connectivity index (χ0) is 15.9. The van der Waals surface area contributed by atoms with Crippen molar-refractivity contribution >= 4 is 11.2 Å². The van der Waals surface area contributed by atoms with E-state index >= 15 is 0 Å². The molecule has 3 heterocycles. The fraction of sp³-hybridized carbons (Fsp3) is 0.214. The first-order valence-electron chi connectivity index (χ1n) is 6.33. The molecule has 0 atom stereocenters. The summed E-state index contributed by atoms with van der Waals surface area (Å²) in [5, 5.41) is 0. The van der Waals surface area contributed by atoms with Crippen molar-refractivity contribution in [3.8, 4) is 17.3 Å². The van der Waals surface area contributed by atoms with E-state index in [1.165, 1.54) is 7.11 Å². The molecule has 0 radical (unpaired) electrons. The predicted molar refractivity (Wildman–Crippen MR) is 73.4 cm³/mol. The van der Waals surface area contributed by atoms with Gasteiger partial charge in [-0.1, -0.05) is 0 Å². The molecule has 0 bridgehead atoms. The summed E-state index contributed by atoms with van der Waals surface area (Å²) in [4.78, 5) is 15.0. The number of pyridine rings is 2. The number of fused-ring (bicyclic) bond motifs is 1. The molecule has 8 heteroatoms. The van der Waals surface area contributed by atoms with Gasteiger partial charge in [0.25, 0.3) is 0 Å². The van der Waals surface area contributed by atoms with E-state index in [0.717, 1.165) is 18.0 Å². The molecule has 1 N–H and O–H groups in total. The van der Waals surface area contributed by atoms with Crippen molar-refractivity contribution in [3.05, 3.63) is 35.7 Å². The highest BCUT2D eigenvalue weighted by Gasteiger charge is 2.31. The third-order valence-corrected chi connectivity index (χ3v) is 3.11. The van der Waals surface area contributed by atoms with Crippen LogP contribution >= 0.6 is 0 Å². The summed E-state index contributed by atoms with van der Waals surface area (Å²) in [5.41, 5.74) is 0.706. The SMILES string of the molecule is COc1ccc(C)nc1-c1nc2ncc(C(F)(F)F)cc2[nH]1. The summed E-state index contributed by atoms with van der Waals surface area (Å²) >= 11 is 0. The van der Waals surface area contributed by atoms with Gasteiger partial charge in [-0.2, -0.15) is 13.2 Å². The maximum atomic E-state index is 12.7. The first-order valence-corrected chi connectivity index (χ1v) is 6.33. The first kappa shape index (κ1) is 14.3. The van der Waals surface area contributed by atoms with Crippen LogP contribution < -0.4 is 4.74 Å². The number of aromatic nitrogens is 4. The first-order chi connectivity index (χ1) is 10.4. The second kappa shape index (κ2) is 4.97. The van der Waals surface area contributed by atoms with Crippen molar-refractivity contribution < 1.29 is 17.9 Å². The van der Waals surface area contributed by atoms with Crippen molar-refractivity contribution in [1.29, 1.82) is 0 Å². The lowest BCUT2D eigenvalue weighted by Crippen LogP contribution is -2.05. The van der Waals surface area contributed by atoms with Gasteiger partial charge in [0.1, 0.15) is 11.4 Å². The molecule has 0 spiro atoms. The number of aryl methyl sites for hydroxylation is 1. The fourth-order valence-electron chi connectivity index (χ4n) is 2.05. The van der Waals surface area contributed by atoms with Crippen LogP contribution in [0.15, 0.2) is 24.4 Å². The zero-order valence-electron chi connectivity index (χ0n) is 11.7. The fourth-order valence-corrected chi connectivity index (χ4v) is 2.05. The number of H-pyrrole nitrogens is 1. The normalized spacial score (nSPS) is 11.9. The molecular weight excluding hydrogens is 297 g/mol. The highest BCUT2D eigenvalue weighted by Crippen LogP contribution is 2.31. The number of rotatable bonds is 2. The number of methoxy groups -OCH3 is 1. The molecule has 114 valence electrons. The van der Waals surface area contributed by atoms with E-state index in [0.29, 0.717) is 17.3 Å². The Kier molecular flexibility index (Phi) is 3.23. The molecule has 0 aliphatic heterocycles. The quantitative estimate of drug-likeness (QED) is 0.788. The van der Waals surface area contributed by atoms with Gasteiger partial charge in [-0.05, 0) is 25.1 Å².